The molecule has 4 rings (SSSR count). The number of hydrogen-bond donors (Lipinski definition) is 0. The van der Waals surface area contributed by atoms with Crippen LogP contribution in [0.5, 0.6) is 0 Å². The fraction of sp³-hybridized carbons (Fsp3) is 0.385. The van der Waals surface area contributed by atoms with Gasteiger partial charge in [0.25, 0.3) is 0 Å². The van der Waals surface area contributed by atoms with Gasteiger partial charge in [0, 0.05) is 21.1 Å². The Morgan fingerprint density at radius 2 is 0.966 bits per heavy atom. The fourth-order valence-corrected chi connectivity index (χ4v) is 12.1. The van der Waals surface area contributed by atoms with E-state index in [2.05, 4.69) is 78.9 Å². The number of fused-ring (bicyclic) bond motifs is 2. The molecule has 0 nitrogen and oxygen atoms in total. The van der Waals surface area contributed by atoms with E-state index in [0.717, 1.165) is 10.1 Å². The molecule has 0 radical (unpaired) electrons. The zero-order valence-electron chi connectivity index (χ0n) is 18.7. The minimum Gasteiger partial charge on any atom is -0.0837 e. The fourth-order valence-electron chi connectivity index (χ4n) is 6.25. The lowest BCUT2D eigenvalue weighted by molar-refractivity contribution is 0.963. The van der Waals surface area contributed by atoms with Crippen molar-refractivity contribution in [3.05, 3.63) is 79.9 Å². The molecule has 2 aliphatic carbocycles. The first-order valence-corrected chi connectivity index (χ1v) is 14.3. The Morgan fingerprint density at radius 3 is 1.31 bits per heavy atom. The average Bonchev–Trinajstić information content (AvgIpc) is 2.99. The molecule has 0 saturated heterocycles. The normalized spacial score (nSPS) is 21.2. The Balaban J connectivity index is 1.95. The van der Waals surface area contributed by atoms with E-state index in [-0.39, 0.29) is 0 Å². The lowest BCUT2D eigenvalue weighted by Crippen LogP contribution is -2.42. The summed E-state index contributed by atoms with van der Waals surface area (Å²) in [6.07, 6.45) is 0. The van der Waals surface area contributed by atoms with Crippen molar-refractivity contribution in [3.63, 3.8) is 0 Å². The zero-order valence-corrected chi connectivity index (χ0v) is 21.2. The molecule has 0 bridgehead atoms. The third-order valence-corrected chi connectivity index (χ3v) is 12.6. The van der Waals surface area contributed by atoms with Crippen molar-refractivity contribution in [3.8, 4) is 0 Å². The first kappa shape index (κ1) is 21.0. The van der Waals surface area contributed by atoms with E-state index in [1.807, 2.05) is 0 Å². The number of benzene rings is 2. The summed E-state index contributed by atoms with van der Waals surface area (Å²) in [7, 11) is -1.93. The molecule has 0 amide bonds. The van der Waals surface area contributed by atoms with Gasteiger partial charge in [0.15, 0.2) is 0 Å². The maximum Gasteiger partial charge on any atom is 0.0723 e. The summed E-state index contributed by atoms with van der Waals surface area (Å²) in [4.78, 5) is 0. The predicted molar refractivity (Wildman–Crippen MR) is 132 cm³/mol. The molecule has 0 fully saturated rings. The van der Waals surface area contributed by atoms with Crippen molar-refractivity contribution >= 4 is 41.3 Å². The van der Waals surface area contributed by atoms with Crippen LogP contribution in [0.25, 0.3) is 10.1 Å². The van der Waals surface area contributed by atoms with Gasteiger partial charge in [0.2, 0.25) is 0 Å². The lowest BCUT2D eigenvalue weighted by atomic mass is 10.0. The molecule has 0 spiro atoms. The van der Waals surface area contributed by atoms with E-state index in [9.17, 15) is 0 Å². The van der Waals surface area contributed by atoms with Crippen LogP contribution in [0.4, 0.5) is 0 Å². The van der Waals surface area contributed by atoms with Crippen LogP contribution >= 0.6 is 23.2 Å². The monoisotopic (exact) mass is 440 g/mol. The molecule has 2 unspecified atom stereocenters. The SMILES string of the molecule is CC1=C(Cl)c2c(C)cc(C)cc2C1[Si](C)(C)C1C(C)=C(Cl)c2c(C)cc(C)cc21. The summed E-state index contributed by atoms with van der Waals surface area (Å²) >= 11 is 13.9. The van der Waals surface area contributed by atoms with Crippen LogP contribution in [-0.4, -0.2) is 8.07 Å². The van der Waals surface area contributed by atoms with Gasteiger partial charge in [0.05, 0.1) is 8.07 Å². The van der Waals surface area contributed by atoms with Gasteiger partial charge in [-0.3, -0.25) is 0 Å². The van der Waals surface area contributed by atoms with E-state index in [0.29, 0.717) is 11.1 Å². The van der Waals surface area contributed by atoms with Crippen LogP contribution in [0.3, 0.4) is 0 Å². The third kappa shape index (κ3) is 2.92. The molecule has 0 saturated carbocycles. The molecular weight excluding hydrogens is 411 g/mol. The highest BCUT2D eigenvalue weighted by molar-refractivity contribution is 6.82. The lowest BCUT2D eigenvalue weighted by Gasteiger charge is -2.39. The Labute approximate surface area is 186 Å². The zero-order chi connectivity index (χ0) is 21.4. The quantitative estimate of drug-likeness (QED) is 0.410. The smallest absolute Gasteiger partial charge is 0.0723 e. The number of hydrogen-bond acceptors (Lipinski definition) is 0. The minimum absolute atomic E-state index is 0.403. The summed E-state index contributed by atoms with van der Waals surface area (Å²) < 4.78 is 0. The molecule has 2 aromatic rings. The second-order valence-corrected chi connectivity index (χ2v) is 15.3. The first-order chi connectivity index (χ1) is 13.5. The molecule has 2 aliphatic rings. The molecule has 29 heavy (non-hydrogen) atoms. The Hall–Kier alpha value is -1.28. The molecule has 0 N–H and O–H groups in total. The second-order valence-electron chi connectivity index (χ2n) is 9.77. The van der Waals surface area contributed by atoms with E-state index in [4.69, 9.17) is 23.2 Å². The van der Waals surface area contributed by atoms with Crippen LogP contribution in [0.15, 0.2) is 35.4 Å². The van der Waals surface area contributed by atoms with Crippen molar-refractivity contribution in [1.82, 2.24) is 0 Å². The van der Waals surface area contributed by atoms with Gasteiger partial charge in [-0.15, -0.1) is 0 Å². The maximum atomic E-state index is 6.94. The molecule has 0 aliphatic heterocycles. The van der Waals surface area contributed by atoms with Crippen LogP contribution < -0.4 is 0 Å². The van der Waals surface area contributed by atoms with E-state index < -0.39 is 8.07 Å². The van der Waals surface area contributed by atoms with Crippen LogP contribution in [0, 0.1) is 27.7 Å². The summed E-state index contributed by atoms with van der Waals surface area (Å²) in [5, 5.41) is 1.93. The number of rotatable bonds is 2. The summed E-state index contributed by atoms with van der Waals surface area (Å²) in [6, 6.07) is 9.26. The number of halogens is 2. The summed E-state index contributed by atoms with van der Waals surface area (Å²) in [5.41, 5.74) is 14.1. The average molecular weight is 442 g/mol. The Bertz CT molecular complexity index is 1030. The molecule has 2 atom stereocenters. The van der Waals surface area contributed by atoms with E-state index in [1.165, 1.54) is 55.7 Å². The summed E-state index contributed by atoms with van der Waals surface area (Å²) in [6.45, 7) is 18.3. The standard InChI is InChI=1S/C26H30Cl2Si/c1-13-9-15(3)21-19(11-13)25(17(5)23(21)27)29(7,8)26-18(6)24(28)22-16(4)10-14(2)12-20(22)26/h9-12,25-26H,1-8H3. The van der Waals surface area contributed by atoms with Gasteiger partial charge >= 0.3 is 0 Å². The number of allylic oxidation sites excluding steroid dienone is 2. The van der Waals surface area contributed by atoms with Gasteiger partial charge in [-0.05, 0) is 86.1 Å². The van der Waals surface area contributed by atoms with Crippen molar-refractivity contribution in [2.45, 2.75) is 65.7 Å². The van der Waals surface area contributed by atoms with E-state index >= 15 is 0 Å². The molecule has 152 valence electrons. The van der Waals surface area contributed by atoms with Gasteiger partial charge in [0.1, 0.15) is 0 Å². The first-order valence-electron chi connectivity index (χ1n) is 10.4. The Morgan fingerprint density at radius 1 is 0.621 bits per heavy atom. The topological polar surface area (TPSA) is 0 Å². The number of aryl methyl sites for hydroxylation is 4. The second kappa shape index (κ2) is 6.87. The van der Waals surface area contributed by atoms with Crippen molar-refractivity contribution in [2.75, 3.05) is 0 Å². The predicted octanol–water partition coefficient (Wildman–Crippen LogP) is 8.54. The molecule has 0 heterocycles. The van der Waals surface area contributed by atoms with Gasteiger partial charge in [-0.1, -0.05) is 71.7 Å². The van der Waals surface area contributed by atoms with Crippen LogP contribution in [-0.2, 0) is 0 Å². The van der Waals surface area contributed by atoms with E-state index in [1.54, 1.807) is 0 Å². The summed E-state index contributed by atoms with van der Waals surface area (Å²) in [5.74, 6) is 0. The molecule has 2 aromatic carbocycles. The van der Waals surface area contributed by atoms with Crippen molar-refractivity contribution in [1.29, 1.82) is 0 Å². The van der Waals surface area contributed by atoms with Gasteiger partial charge in [-0.25, -0.2) is 0 Å². The molecular formula is C26H30Cl2Si. The highest BCUT2D eigenvalue weighted by atomic mass is 35.5. The van der Waals surface area contributed by atoms with Crippen LogP contribution in [0.1, 0.15) is 69.4 Å². The molecule has 3 heteroatoms. The highest BCUT2D eigenvalue weighted by Crippen LogP contribution is 2.57. The van der Waals surface area contributed by atoms with Gasteiger partial charge in [-0.2, -0.15) is 0 Å². The Kier molecular flexibility index (Phi) is 4.97. The maximum absolute atomic E-state index is 6.94. The molecule has 0 aromatic heterocycles. The van der Waals surface area contributed by atoms with Gasteiger partial charge < -0.3 is 0 Å². The largest absolute Gasteiger partial charge is 0.0837 e. The third-order valence-electron chi connectivity index (χ3n) is 7.13. The van der Waals surface area contributed by atoms with Crippen molar-refractivity contribution in [2.24, 2.45) is 0 Å². The van der Waals surface area contributed by atoms with Crippen molar-refractivity contribution < 1.29 is 0 Å². The minimum atomic E-state index is -1.93. The van der Waals surface area contributed by atoms with Crippen LogP contribution in [0.2, 0.25) is 13.1 Å². The highest BCUT2D eigenvalue weighted by Gasteiger charge is 2.49.